The predicted molar refractivity (Wildman–Crippen MR) is 101 cm³/mol. The summed E-state index contributed by atoms with van der Waals surface area (Å²) in [5.74, 6) is 0.760. The zero-order chi connectivity index (χ0) is 16.6. The third kappa shape index (κ3) is 2.79. The van der Waals surface area contributed by atoms with Crippen molar-refractivity contribution in [3.8, 4) is 0 Å². The molecule has 0 radical (unpaired) electrons. The molecule has 3 aliphatic carbocycles. The van der Waals surface area contributed by atoms with Crippen molar-refractivity contribution in [3.63, 3.8) is 0 Å². The summed E-state index contributed by atoms with van der Waals surface area (Å²) in [5, 5.41) is 0. The van der Waals surface area contributed by atoms with Crippen molar-refractivity contribution < 1.29 is 0 Å². The highest BCUT2D eigenvalue weighted by Crippen LogP contribution is 2.44. The van der Waals surface area contributed by atoms with Crippen LogP contribution in [0, 0.1) is 11.3 Å². The number of nitrogens with zero attached hydrogens (tertiary/aromatic N) is 1. The Morgan fingerprint density at radius 3 is 3.00 bits per heavy atom. The zero-order valence-corrected chi connectivity index (χ0v) is 15.1. The predicted octanol–water partition coefficient (Wildman–Crippen LogP) is 4.70. The highest BCUT2D eigenvalue weighted by Gasteiger charge is 2.40. The van der Waals surface area contributed by atoms with E-state index in [4.69, 9.17) is 5.73 Å². The Labute approximate surface area is 147 Å². The standard InChI is InChI=1S/C22H32N2/c1-22(14-7-2-8-15-22)21(23)13-16-24-19-11-5-3-9-17(19)18-10-4-6-12-20(18)24/h5-7,11-12,14,17,19,21H,2-4,8-10,13,15-16,23H2,1H3. The van der Waals surface area contributed by atoms with Crippen LogP contribution in [0.4, 0.5) is 0 Å². The fourth-order valence-corrected chi connectivity index (χ4v) is 5.23. The van der Waals surface area contributed by atoms with Crippen LogP contribution in [0.25, 0.3) is 0 Å². The molecular weight excluding hydrogens is 292 g/mol. The molecule has 2 N–H and O–H groups in total. The summed E-state index contributed by atoms with van der Waals surface area (Å²) in [4.78, 5) is 2.67. The molecule has 0 amide bonds. The number of hydrogen-bond acceptors (Lipinski definition) is 2. The molecule has 0 spiro atoms. The summed E-state index contributed by atoms with van der Waals surface area (Å²) in [6, 6.07) is 0.852. The van der Waals surface area contributed by atoms with Gasteiger partial charge in [0, 0.05) is 29.6 Å². The molecule has 2 heteroatoms. The number of hydrogen-bond donors (Lipinski definition) is 1. The maximum absolute atomic E-state index is 6.67. The smallest absolute Gasteiger partial charge is 0.0539 e. The molecule has 4 atom stereocenters. The van der Waals surface area contributed by atoms with Gasteiger partial charge >= 0.3 is 0 Å². The lowest BCUT2D eigenvalue weighted by Gasteiger charge is -2.38. The van der Waals surface area contributed by atoms with Crippen LogP contribution in [0.2, 0.25) is 0 Å². The normalized spacial score (nSPS) is 36.0. The zero-order valence-electron chi connectivity index (χ0n) is 15.1. The number of allylic oxidation sites excluding steroid dienone is 4. The van der Waals surface area contributed by atoms with E-state index in [1.807, 2.05) is 0 Å². The lowest BCUT2D eigenvalue weighted by Crippen LogP contribution is -2.43. The molecule has 4 rings (SSSR count). The first-order valence-corrected chi connectivity index (χ1v) is 9.95. The van der Waals surface area contributed by atoms with E-state index in [0.717, 1.165) is 18.9 Å². The van der Waals surface area contributed by atoms with Gasteiger partial charge in [0.05, 0.1) is 6.04 Å². The summed E-state index contributed by atoms with van der Waals surface area (Å²) >= 11 is 0. The first-order valence-electron chi connectivity index (χ1n) is 9.95. The van der Waals surface area contributed by atoms with Gasteiger partial charge in [-0.05, 0) is 63.0 Å². The van der Waals surface area contributed by atoms with Gasteiger partial charge in [-0.3, -0.25) is 0 Å². The second-order valence-electron chi connectivity index (χ2n) is 8.34. The van der Waals surface area contributed by atoms with E-state index >= 15 is 0 Å². The molecule has 1 aliphatic heterocycles. The molecular formula is C22H32N2. The average molecular weight is 325 g/mol. The Bertz CT molecular complexity index is 597. The van der Waals surface area contributed by atoms with Gasteiger partial charge in [0.2, 0.25) is 0 Å². The minimum atomic E-state index is 0.194. The molecule has 0 aromatic heterocycles. The third-order valence-electron chi connectivity index (χ3n) is 6.80. The summed E-state index contributed by atoms with van der Waals surface area (Å²) < 4.78 is 0. The lowest BCUT2D eigenvalue weighted by atomic mass is 9.74. The summed E-state index contributed by atoms with van der Waals surface area (Å²) in [6.45, 7) is 3.45. The molecule has 0 aromatic rings. The second-order valence-corrected chi connectivity index (χ2v) is 8.34. The number of rotatable bonds is 4. The molecule has 130 valence electrons. The van der Waals surface area contributed by atoms with Crippen molar-refractivity contribution in [2.24, 2.45) is 17.1 Å². The molecule has 0 aromatic carbocycles. The van der Waals surface area contributed by atoms with Gasteiger partial charge in [0.25, 0.3) is 0 Å². The summed E-state index contributed by atoms with van der Waals surface area (Å²) in [5.41, 5.74) is 10.1. The minimum absolute atomic E-state index is 0.194. The Balaban J connectivity index is 1.49. The molecule has 2 nitrogen and oxygen atoms in total. The first-order chi connectivity index (χ1) is 11.7. The van der Waals surface area contributed by atoms with Crippen LogP contribution in [0.3, 0.4) is 0 Å². The molecule has 4 aliphatic rings. The van der Waals surface area contributed by atoms with Gasteiger partial charge in [0.15, 0.2) is 0 Å². The van der Waals surface area contributed by atoms with Crippen molar-refractivity contribution in [1.29, 1.82) is 0 Å². The molecule has 1 heterocycles. The van der Waals surface area contributed by atoms with E-state index in [0.29, 0.717) is 6.04 Å². The summed E-state index contributed by atoms with van der Waals surface area (Å²) in [7, 11) is 0. The number of fused-ring (bicyclic) bond motifs is 2. The van der Waals surface area contributed by atoms with Crippen LogP contribution in [0.1, 0.15) is 58.3 Å². The van der Waals surface area contributed by atoms with Crippen LogP contribution in [-0.4, -0.2) is 23.5 Å². The molecule has 4 unspecified atom stereocenters. The fourth-order valence-electron chi connectivity index (χ4n) is 5.23. The van der Waals surface area contributed by atoms with E-state index < -0.39 is 0 Å². The SMILES string of the molecule is CC1(C(N)CCN2C3=C(CCC=C3)C3CCC=CC32)C=CCCC1. The van der Waals surface area contributed by atoms with Crippen molar-refractivity contribution >= 4 is 0 Å². The molecule has 0 bridgehead atoms. The van der Waals surface area contributed by atoms with E-state index in [1.54, 1.807) is 5.57 Å². The molecule has 24 heavy (non-hydrogen) atoms. The maximum atomic E-state index is 6.67. The van der Waals surface area contributed by atoms with Gasteiger partial charge in [-0.2, -0.15) is 0 Å². The van der Waals surface area contributed by atoms with Crippen molar-refractivity contribution in [2.45, 2.75) is 70.4 Å². The monoisotopic (exact) mass is 324 g/mol. The van der Waals surface area contributed by atoms with Crippen LogP contribution in [0.15, 0.2) is 47.7 Å². The van der Waals surface area contributed by atoms with Crippen LogP contribution in [-0.2, 0) is 0 Å². The van der Waals surface area contributed by atoms with Crippen molar-refractivity contribution in [1.82, 2.24) is 4.90 Å². The van der Waals surface area contributed by atoms with Gasteiger partial charge in [-0.25, -0.2) is 0 Å². The largest absolute Gasteiger partial charge is 0.364 e. The second kappa shape index (κ2) is 6.55. The van der Waals surface area contributed by atoms with Crippen LogP contribution < -0.4 is 5.73 Å². The average Bonchev–Trinajstić information content (AvgIpc) is 2.94. The van der Waals surface area contributed by atoms with E-state index in [9.17, 15) is 0 Å². The minimum Gasteiger partial charge on any atom is -0.364 e. The van der Waals surface area contributed by atoms with E-state index in [1.165, 1.54) is 50.6 Å². The molecule has 0 fully saturated rings. The van der Waals surface area contributed by atoms with Gasteiger partial charge in [-0.1, -0.05) is 37.3 Å². The topological polar surface area (TPSA) is 29.3 Å². The van der Waals surface area contributed by atoms with Crippen LogP contribution >= 0.6 is 0 Å². The maximum Gasteiger partial charge on any atom is 0.0539 e. The van der Waals surface area contributed by atoms with Crippen molar-refractivity contribution in [3.05, 3.63) is 47.7 Å². The van der Waals surface area contributed by atoms with E-state index in [2.05, 4.69) is 48.3 Å². The highest BCUT2D eigenvalue weighted by molar-refractivity contribution is 5.39. The highest BCUT2D eigenvalue weighted by atomic mass is 15.2. The first kappa shape index (κ1) is 16.2. The number of nitrogens with two attached hydrogens (primary N) is 1. The van der Waals surface area contributed by atoms with Crippen LogP contribution in [0.5, 0.6) is 0 Å². The lowest BCUT2D eigenvalue weighted by molar-refractivity contribution is 0.224. The Kier molecular flexibility index (Phi) is 4.42. The van der Waals surface area contributed by atoms with Gasteiger partial charge < -0.3 is 10.6 Å². The van der Waals surface area contributed by atoms with Gasteiger partial charge in [0.1, 0.15) is 0 Å². The van der Waals surface area contributed by atoms with E-state index in [-0.39, 0.29) is 11.5 Å². The summed E-state index contributed by atoms with van der Waals surface area (Å²) in [6.07, 6.45) is 24.2. The Morgan fingerprint density at radius 1 is 1.25 bits per heavy atom. The van der Waals surface area contributed by atoms with Gasteiger partial charge in [-0.15, -0.1) is 0 Å². The van der Waals surface area contributed by atoms with Crippen molar-refractivity contribution in [2.75, 3.05) is 6.54 Å². The fraction of sp³-hybridized carbons (Fsp3) is 0.636. The third-order valence-corrected chi connectivity index (χ3v) is 6.80. The quantitative estimate of drug-likeness (QED) is 0.759. The molecule has 0 saturated carbocycles. The molecule has 0 saturated heterocycles. The Hall–Kier alpha value is -1.28. The Morgan fingerprint density at radius 2 is 2.17 bits per heavy atom.